The summed E-state index contributed by atoms with van der Waals surface area (Å²) >= 11 is 0. The molecule has 0 spiro atoms. The van der Waals surface area contributed by atoms with E-state index in [2.05, 4.69) is 15.8 Å². The highest BCUT2D eigenvalue weighted by molar-refractivity contribution is 7.89. The predicted molar refractivity (Wildman–Crippen MR) is 104 cm³/mol. The Hall–Kier alpha value is -3.38. The van der Waals surface area contributed by atoms with Crippen molar-refractivity contribution in [2.75, 3.05) is 13.1 Å². The molecule has 1 aliphatic rings. The Morgan fingerprint density at radius 1 is 1.13 bits per heavy atom. The number of carbonyl (C=O) groups is 2. The molecule has 2 N–H and O–H groups in total. The van der Waals surface area contributed by atoms with Gasteiger partial charge in [0.1, 0.15) is 4.90 Å². The molecule has 0 radical (unpaired) electrons. The average molecular weight is 433 g/mol. The van der Waals surface area contributed by atoms with Crippen LogP contribution in [-0.4, -0.2) is 47.5 Å². The van der Waals surface area contributed by atoms with Crippen LogP contribution in [-0.2, 0) is 14.8 Å². The van der Waals surface area contributed by atoms with E-state index in [1.165, 1.54) is 47.0 Å². The smallest absolute Gasteiger partial charge is 0.270 e. The van der Waals surface area contributed by atoms with Gasteiger partial charge >= 0.3 is 0 Å². The quantitative estimate of drug-likeness (QED) is 0.524. The fourth-order valence-corrected chi connectivity index (χ4v) is 4.49. The van der Waals surface area contributed by atoms with E-state index in [1.54, 1.807) is 0 Å². The molecule has 1 saturated heterocycles. The summed E-state index contributed by atoms with van der Waals surface area (Å²) in [4.78, 5) is 38.5. The number of nitrogens with one attached hydrogen (secondary N) is 2. The van der Waals surface area contributed by atoms with Gasteiger partial charge in [-0.1, -0.05) is 6.07 Å². The minimum atomic E-state index is -3.67. The average Bonchev–Trinajstić information content (AvgIpc) is 2.78. The number of amides is 2. The minimum Gasteiger partial charge on any atom is -0.273 e. The molecule has 2 amide bonds. The van der Waals surface area contributed by atoms with E-state index in [9.17, 15) is 28.1 Å². The third kappa shape index (κ3) is 4.78. The molecular formula is C18H19N5O6S. The number of non-ortho nitro benzene ring substituents is 1. The number of pyridine rings is 1. The fourth-order valence-electron chi connectivity index (χ4n) is 3.06. The maximum Gasteiger partial charge on any atom is 0.270 e. The Morgan fingerprint density at radius 2 is 1.87 bits per heavy atom. The summed E-state index contributed by atoms with van der Waals surface area (Å²) in [6.45, 7) is 0.322. The molecule has 0 unspecified atom stereocenters. The van der Waals surface area contributed by atoms with Crippen LogP contribution in [0.15, 0.2) is 53.7 Å². The number of nitro benzene ring substituents is 1. The van der Waals surface area contributed by atoms with Crippen LogP contribution in [0.1, 0.15) is 23.2 Å². The van der Waals surface area contributed by atoms with Crippen LogP contribution in [0.25, 0.3) is 0 Å². The molecule has 2 heterocycles. The first kappa shape index (κ1) is 21.3. The minimum absolute atomic E-state index is 0.0295. The highest BCUT2D eigenvalue weighted by Gasteiger charge is 2.32. The number of hydrazine groups is 1. The number of piperidine rings is 1. The first-order valence-electron chi connectivity index (χ1n) is 9.04. The van der Waals surface area contributed by atoms with Crippen LogP contribution in [0.5, 0.6) is 0 Å². The van der Waals surface area contributed by atoms with Crippen LogP contribution in [0.3, 0.4) is 0 Å². The van der Waals surface area contributed by atoms with E-state index in [4.69, 9.17) is 0 Å². The first-order chi connectivity index (χ1) is 14.3. The summed E-state index contributed by atoms with van der Waals surface area (Å²) < 4.78 is 26.5. The van der Waals surface area contributed by atoms with Crippen LogP contribution in [0.2, 0.25) is 0 Å². The molecular weight excluding hydrogens is 414 g/mol. The number of hydrogen-bond donors (Lipinski definition) is 2. The SMILES string of the molecule is O=C(NNC(=O)C1CCN(S(=O)(=O)c2cccnc2)CC1)c1cccc([N+](=O)[O-])c1. The lowest BCUT2D eigenvalue weighted by Gasteiger charge is -2.30. The summed E-state index contributed by atoms with van der Waals surface area (Å²) in [5.74, 6) is -1.62. The number of hydrogen-bond acceptors (Lipinski definition) is 7. The van der Waals surface area contributed by atoms with Gasteiger partial charge in [-0.3, -0.25) is 35.5 Å². The number of benzene rings is 1. The molecule has 1 aromatic carbocycles. The molecule has 0 atom stereocenters. The van der Waals surface area contributed by atoms with Gasteiger partial charge < -0.3 is 0 Å². The van der Waals surface area contributed by atoms with Crippen molar-refractivity contribution < 1.29 is 22.9 Å². The van der Waals surface area contributed by atoms with E-state index in [-0.39, 0.29) is 42.1 Å². The molecule has 0 bridgehead atoms. The van der Waals surface area contributed by atoms with Gasteiger partial charge in [-0.05, 0) is 31.0 Å². The molecule has 1 aliphatic heterocycles. The summed E-state index contributed by atoms with van der Waals surface area (Å²) in [6, 6.07) is 8.11. The number of rotatable bonds is 5. The highest BCUT2D eigenvalue weighted by atomic mass is 32.2. The second-order valence-electron chi connectivity index (χ2n) is 6.62. The van der Waals surface area contributed by atoms with Crippen molar-refractivity contribution in [1.82, 2.24) is 20.1 Å². The van der Waals surface area contributed by atoms with E-state index in [0.717, 1.165) is 6.07 Å². The normalized spacial score (nSPS) is 15.3. The lowest BCUT2D eigenvalue weighted by molar-refractivity contribution is -0.384. The maximum absolute atomic E-state index is 12.6. The molecule has 0 saturated carbocycles. The molecule has 1 aromatic heterocycles. The Labute approximate surface area is 172 Å². The molecule has 2 aromatic rings. The third-order valence-corrected chi connectivity index (χ3v) is 6.60. The second kappa shape index (κ2) is 8.97. The van der Waals surface area contributed by atoms with Crippen molar-refractivity contribution in [2.45, 2.75) is 17.7 Å². The highest BCUT2D eigenvalue weighted by Crippen LogP contribution is 2.23. The van der Waals surface area contributed by atoms with Gasteiger partial charge in [0.25, 0.3) is 11.6 Å². The Balaban J connectivity index is 1.53. The van der Waals surface area contributed by atoms with E-state index in [0.29, 0.717) is 0 Å². The van der Waals surface area contributed by atoms with Gasteiger partial charge in [0, 0.05) is 49.1 Å². The number of carbonyl (C=O) groups excluding carboxylic acids is 2. The van der Waals surface area contributed by atoms with Crippen LogP contribution in [0.4, 0.5) is 5.69 Å². The number of nitrogens with zero attached hydrogens (tertiary/aromatic N) is 3. The monoisotopic (exact) mass is 433 g/mol. The summed E-state index contributed by atoms with van der Waals surface area (Å²) in [6.07, 6.45) is 3.34. The molecule has 11 nitrogen and oxygen atoms in total. The fraction of sp³-hybridized carbons (Fsp3) is 0.278. The van der Waals surface area contributed by atoms with Gasteiger partial charge in [-0.15, -0.1) is 0 Å². The third-order valence-electron chi connectivity index (χ3n) is 4.72. The Kier molecular flexibility index (Phi) is 6.37. The maximum atomic E-state index is 12.6. The summed E-state index contributed by atoms with van der Waals surface area (Å²) in [7, 11) is -3.67. The van der Waals surface area contributed by atoms with Crippen molar-refractivity contribution in [3.63, 3.8) is 0 Å². The Morgan fingerprint density at radius 3 is 2.50 bits per heavy atom. The molecule has 12 heteroatoms. The lowest BCUT2D eigenvalue weighted by Crippen LogP contribution is -2.48. The molecule has 3 rings (SSSR count). The first-order valence-corrected chi connectivity index (χ1v) is 10.5. The second-order valence-corrected chi connectivity index (χ2v) is 8.56. The van der Waals surface area contributed by atoms with E-state index >= 15 is 0 Å². The summed E-state index contributed by atoms with van der Waals surface area (Å²) in [5.41, 5.74) is 4.32. The van der Waals surface area contributed by atoms with Crippen LogP contribution < -0.4 is 10.9 Å². The van der Waals surface area contributed by atoms with Crippen molar-refractivity contribution in [3.8, 4) is 0 Å². The number of aromatic nitrogens is 1. The van der Waals surface area contributed by atoms with Gasteiger partial charge in [-0.2, -0.15) is 4.31 Å². The van der Waals surface area contributed by atoms with Crippen LogP contribution >= 0.6 is 0 Å². The zero-order valence-electron chi connectivity index (χ0n) is 15.7. The molecule has 30 heavy (non-hydrogen) atoms. The van der Waals surface area contributed by atoms with Crippen molar-refractivity contribution in [1.29, 1.82) is 0 Å². The zero-order valence-corrected chi connectivity index (χ0v) is 16.5. The summed E-state index contributed by atoms with van der Waals surface area (Å²) in [5, 5.41) is 10.8. The van der Waals surface area contributed by atoms with Crippen LogP contribution in [0, 0.1) is 16.0 Å². The number of nitro groups is 1. The topological polar surface area (TPSA) is 152 Å². The molecule has 0 aliphatic carbocycles. The van der Waals surface area contributed by atoms with Crippen molar-refractivity contribution in [2.24, 2.45) is 5.92 Å². The molecule has 1 fully saturated rings. The zero-order chi connectivity index (χ0) is 21.7. The standard InChI is InChI=1S/C18H19N5O6S/c24-17(20-21-18(25)14-3-1-4-15(11-14)23(26)27)13-6-9-22(10-7-13)30(28,29)16-5-2-8-19-12-16/h1-5,8,11-13H,6-7,9-10H2,(H,20,24)(H,21,25). The van der Waals surface area contributed by atoms with E-state index < -0.39 is 32.7 Å². The molecule has 158 valence electrons. The number of sulfonamides is 1. The van der Waals surface area contributed by atoms with Crippen molar-refractivity contribution >= 4 is 27.5 Å². The van der Waals surface area contributed by atoms with E-state index in [1.807, 2.05) is 0 Å². The predicted octanol–water partition coefficient (Wildman–Crippen LogP) is 0.852. The van der Waals surface area contributed by atoms with Gasteiger partial charge in [-0.25, -0.2) is 8.42 Å². The van der Waals surface area contributed by atoms with Gasteiger partial charge in [0.15, 0.2) is 0 Å². The van der Waals surface area contributed by atoms with Gasteiger partial charge in [0.2, 0.25) is 15.9 Å². The van der Waals surface area contributed by atoms with Gasteiger partial charge in [0.05, 0.1) is 4.92 Å². The van der Waals surface area contributed by atoms with Crippen molar-refractivity contribution in [3.05, 3.63) is 64.5 Å². The largest absolute Gasteiger partial charge is 0.273 e. The lowest BCUT2D eigenvalue weighted by atomic mass is 9.98. The Bertz CT molecular complexity index is 1050.